The fourth-order valence-corrected chi connectivity index (χ4v) is 1.82. The molecule has 1 aromatic rings. The first-order chi connectivity index (χ1) is 11.5. The molecule has 0 unspecified atom stereocenters. The standard InChI is InChI=1S/C16H22N2O6/c1-17-14(19)9-18-15(20)10-24-16(21)7-5-11-4-6-12(22-2)13(8-11)23-3/h4,6,8H,5,7,9-10H2,1-3H3,(H,17,19)(H,18,20). The fraction of sp³-hybridized carbons (Fsp3) is 0.438. The third-order valence-electron chi connectivity index (χ3n) is 3.15. The van der Waals surface area contributed by atoms with Gasteiger partial charge in [-0.05, 0) is 24.1 Å². The van der Waals surface area contributed by atoms with Crippen molar-refractivity contribution in [2.45, 2.75) is 12.8 Å². The highest BCUT2D eigenvalue weighted by Gasteiger charge is 2.10. The van der Waals surface area contributed by atoms with Crippen molar-refractivity contribution in [3.8, 4) is 11.5 Å². The molecule has 0 spiro atoms. The number of benzene rings is 1. The number of methoxy groups -OCH3 is 2. The average Bonchev–Trinajstić information content (AvgIpc) is 2.62. The molecule has 0 radical (unpaired) electrons. The summed E-state index contributed by atoms with van der Waals surface area (Å²) in [5.41, 5.74) is 0.883. The predicted octanol–water partition coefficient (Wildman–Crippen LogP) is 0.0418. The summed E-state index contributed by atoms with van der Waals surface area (Å²) in [5, 5.41) is 4.69. The molecular formula is C16H22N2O6. The third-order valence-corrected chi connectivity index (χ3v) is 3.15. The first-order valence-electron chi connectivity index (χ1n) is 7.34. The van der Waals surface area contributed by atoms with Gasteiger partial charge in [-0.2, -0.15) is 0 Å². The lowest BCUT2D eigenvalue weighted by Crippen LogP contribution is -2.37. The summed E-state index contributed by atoms with van der Waals surface area (Å²) in [6.07, 6.45) is 0.567. The van der Waals surface area contributed by atoms with Crippen LogP contribution in [0.3, 0.4) is 0 Å². The number of ether oxygens (including phenoxy) is 3. The van der Waals surface area contributed by atoms with E-state index in [9.17, 15) is 14.4 Å². The van der Waals surface area contributed by atoms with Crippen molar-refractivity contribution in [3.05, 3.63) is 23.8 Å². The monoisotopic (exact) mass is 338 g/mol. The summed E-state index contributed by atoms with van der Waals surface area (Å²) in [6, 6.07) is 5.36. The molecule has 8 heteroatoms. The Bertz CT molecular complexity index is 588. The molecule has 0 aliphatic heterocycles. The number of carbonyl (C=O) groups is 3. The molecule has 8 nitrogen and oxygen atoms in total. The molecule has 132 valence electrons. The van der Waals surface area contributed by atoms with E-state index in [2.05, 4.69) is 10.6 Å². The van der Waals surface area contributed by atoms with E-state index in [4.69, 9.17) is 14.2 Å². The molecule has 2 N–H and O–H groups in total. The predicted molar refractivity (Wildman–Crippen MR) is 85.9 cm³/mol. The molecule has 0 aliphatic carbocycles. The maximum Gasteiger partial charge on any atom is 0.306 e. The zero-order valence-electron chi connectivity index (χ0n) is 14.0. The van der Waals surface area contributed by atoms with E-state index in [1.165, 1.54) is 14.2 Å². The number of likely N-dealkylation sites (N-methyl/N-ethyl adjacent to an activating group) is 1. The number of hydrogen-bond donors (Lipinski definition) is 2. The van der Waals surface area contributed by atoms with Gasteiger partial charge in [0.05, 0.1) is 20.8 Å². The number of hydrogen-bond acceptors (Lipinski definition) is 6. The quantitative estimate of drug-likeness (QED) is 0.617. The highest BCUT2D eigenvalue weighted by molar-refractivity contribution is 5.86. The Hall–Kier alpha value is -2.77. The van der Waals surface area contributed by atoms with Gasteiger partial charge in [0.15, 0.2) is 18.1 Å². The minimum absolute atomic E-state index is 0.123. The molecule has 0 aromatic heterocycles. The Morgan fingerprint density at radius 1 is 1.04 bits per heavy atom. The molecule has 2 amide bonds. The molecule has 0 fully saturated rings. The number of carbonyl (C=O) groups excluding carboxylic acids is 3. The van der Waals surface area contributed by atoms with Crippen LogP contribution >= 0.6 is 0 Å². The van der Waals surface area contributed by atoms with Crippen LogP contribution in [-0.4, -0.2) is 52.2 Å². The second-order valence-corrected chi connectivity index (χ2v) is 4.80. The van der Waals surface area contributed by atoms with E-state index >= 15 is 0 Å². The van der Waals surface area contributed by atoms with Gasteiger partial charge >= 0.3 is 5.97 Å². The van der Waals surface area contributed by atoms with Gasteiger partial charge in [0.1, 0.15) is 0 Å². The molecule has 1 aromatic carbocycles. The van der Waals surface area contributed by atoms with E-state index in [-0.39, 0.29) is 18.9 Å². The maximum atomic E-state index is 11.7. The fourth-order valence-electron chi connectivity index (χ4n) is 1.82. The zero-order chi connectivity index (χ0) is 17.9. The van der Waals surface area contributed by atoms with Gasteiger partial charge in [-0.25, -0.2) is 0 Å². The summed E-state index contributed by atoms with van der Waals surface area (Å²) >= 11 is 0. The molecular weight excluding hydrogens is 316 g/mol. The minimum Gasteiger partial charge on any atom is -0.493 e. The van der Waals surface area contributed by atoms with Crippen LogP contribution in [0.5, 0.6) is 11.5 Å². The van der Waals surface area contributed by atoms with Crippen LogP contribution in [0, 0.1) is 0 Å². The summed E-state index contributed by atoms with van der Waals surface area (Å²) in [6.45, 7) is -0.569. The Morgan fingerprint density at radius 2 is 1.75 bits per heavy atom. The second-order valence-electron chi connectivity index (χ2n) is 4.80. The van der Waals surface area contributed by atoms with Crippen LogP contribution in [0.2, 0.25) is 0 Å². The lowest BCUT2D eigenvalue weighted by atomic mass is 10.1. The summed E-state index contributed by atoms with van der Waals surface area (Å²) in [4.78, 5) is 34.0. The van der Waals surface area contributed by atoms with Crippen LogP contribution < -0.4 is 20.1 Å². The van der Waals surface area contributed by atoms with Gasteiger partial charge in [-0.3, -0.25) is 14.4 Å². The zero-order valence-corrected chi connectivity index (χ0v) is 14.0. The normalized spacial score (nSPS) is 9.79. The van der Waals surface area contributed by atoms with Gasteiger partial charge < -0.3 is 24.8 Å². The Labute approximate surface area is 140 Å². The number of aryl methyl sites for hydroxylation is 1. The number of nitrogens with one attached hydrogen (secondary N) is 2. The van der Waals surface area contributed by atoms with Crippen LogP contribution in [-0.2, 0) is 25.5 Å². The minimum atomic E-state index is -0.530. The van der Waals surface area contributed by atoms with Crippen LogP contribution in [0.15, 0.2) is 18.2 Å². The molecule has 0 heterocycles. The van der Waals surface area contributed by atoms with Crippen molar-refractivity contribution in [2.75, 3.05) is 34.4 Å². The van der Waals surface area contributed by atoms with Gasteiger partial charge in [0.25, 0.3) is 5.91 Å². The van der Waals surface area contributed by atoms with Crippen molar-refractivity contribution in [2.24, 2.45) is 0 Å². The maximum absolute atomic E-state index is 11.7. The third kappa shape index (κ3) is 6.55. The smallest absolute Gasteiger partial charge is 0.306 e. The Balaban J connectivity index is 2.36. The molecule has 24 heavy (non-hydrogen) atoms. The van der Waals surface area contributed by atoms with Crippen molar-refractivity contribution in [1.29, 1.82) is 0 Å². The van der Waals surface area contributed by atoms with Crippen LogP contribution in [0.1, 0.15) is 12.0 Å². The van der Waals surface area contributed by atoms with E-state index < -0.39 is 18.5 Å². The van der Waals surface area contributed by atoms with E-state index in [0.717, 1.165) is 5.56 Å². The molecule has 0 saturated heterocycles. The highest BCUT2D eigenvalue weighted by atomic mass is 16.5. The van der Waals surface area contributed by atoms with Gasteiger partial charge in [-0.15, -0.1) is 0 Å². The molecule has 0 atom stereocenters. The average molecular weight is 338 g/mol. The first-order valence-corrected chi connectivity index (χ1v) is 7.34. The second kappa shape index (κ2) is 10.1. The van der Waals surface area contributed by atoms with Crippen molar-refractivity contribution < 1.29 is 28.6 Å². The number of esters is 1. The van der Waals surface area contributed by atoms with Crippen molar-refractivity contribution in [1.82, 2.24) is 10.6 Å². The first kappa shape index (κ1) is 19.3. The number of amides is 2. The SMILES string of the molecule is CNC(=O)CNC(=O)COC(=O)CCc1ccc(OC)c(OC)c1. The molecule has 0 aliphatic rings. The number of rotatable bonds is 9. The Kier molecular flexibility index (Phi) is 8.10. The lowest BCUT2D eigenvalue weighted by molar-refractivity contribution is -0.148. The van der Waals surface area contributed by atoms with E-state index in [1.54, 1.807) is 19.2 Å². The topological polar surface area (TPSA) is 103 Å². The van der Waals surface area contributed by atoms with Crippen molar-refractivity contribution >= 4 is 17.8 Å². The highest BCUT2D eigenvalue weighted by Crippen LogP contribution is 2.27. The van der Waals surface area contributed by atoms with Gasteiger partial charge in [0, 0.05) is 13.5 Å². The van der Waals surface area contributed by atoms with Gasteiger partial charge in [-0.1, -0.05) is 6.07 Å². The Morgan fingerprint density at radius 3 is 2.38 bits per heavy atom. The lowest BCUT2D eigenvalue weighted by Gasteiger charge is -2.09. The summed E-state index contributed by atoms with van der Waals surface area (Å²) in [5.74, 6) is -0.172. The van der Waals surface area contributed by atoms with Crippen LogP contribution in [0.4, 0.5) is 0 Å². The molecule has 0 saturated carbocycles. The van der Waals surface area contributed by atoms with Gasteiger partial charge in [0.2, 0.25) is 5.91 Å². The summed E-state index contributed by atoms with van der Waals surface area (Å²) < 4.78 is 15.2. The van der Waals surface area contributed by atoms with Crippen LogP contribution in [0.25, 0.3) is 0 Å². The van der Waals surface area contributed by atoms with E-state index in [1.807, 2.05) is 6.07 Å². The van der Waals surface area contributed by atoms with Crippen molar-refractivity contribution in [3.63, 3.8) is 0 Å². The molecule has 0 bridgehead atoms. The largest absolute Gasteiger partial charge is 0.493 e. The van der Waals surface area contributed by atoms with E-state index in [0.29, 0.717) is 17.9 Å². The molecule has 1 rings (SSSR count). The summed E-state index contributed by atoms with van der Waals surface area (Å²) in [7, 11) is 4.54.